The first-order valence-electron chi connectivity index (χ1n) is 12.5. The maximum absolute atomic E-state index is 13.7. The summed E-state index contributed by atoms with van der Waals surface area (Å²) in [6, 6.07) is 9.73. The first kappa shape index (κ1) is 27.4. The standard InChI is InChI=1S/C28H43NO4/c1-18(2)12-14-22-26(31)25(27(32)28(22,33)24(30)15-13-19(3)4)23(16-20(5)6)29-17-21-10-8-7-9-11-21/h7-11,18-20,22,24-25,30,33H,12-17H2,1-6H3. The number of carbonyl (C=O) groups is 2. The molecule has 1 saturated carbocycles. The third kappa shape index (κ3) is 6.83. The van der Waals surface area contributed by atoms with E-state index in [1.807, 2.05) is 58.0 Å². The van der Waals surface area contributed by atoms with Crippen molar-refractivity contribution in [3.05, 3.63) is 35.9 Å². The number of benzene rings is 1. The lowest BCUT2D eigenvalue weighted by Crippen LogP contribution is -2.52. The van der Waals surface area contributed by atoms with Crippen molar-refractivity contribution in [3.8, 4) is 0 Å². The Bertz CT molecular complexity index is 814. The second-order valence-electron chi connectivity index (χ2n) is 10.9. The van der Waals surface area contributed by atoms with Crippen LogP contribution in [0, 0.1) is 29.6 Å². The van der Waals surface area contributed by atoms with Crippen LogP contribution in [0.5, 0.6) is 0 Å². The highest BCUT2D eigenvalue weighted by molar-refractivity contribution is 6.28. The molecule has 1 fully saturated rings. The van der Waals surface area contributed by atoms with Crippen LogP contribution in [-0.4, -0.2) is 39.2 Å². The molecule has 2 rings (SSSR count). The van der Waals surface area contributed by atoms with Crippen LogP contribution in [0.15, 0.2) is 35.3 Å². The fourth-order valence-electron chi connectivity index (χ4n) is 4.70. The Morgan fingerprint density at radius 1 is 0.939 bits per heavy atom. The predicted octanol–water partition coefficient (Wildman–Crippen LogP) is 5.02. The normalized spacial score (nSPS) is 25.0. The van der Waals surface area contributed by atoms with Gasteiger partial charge in [0.25, 0.3) is 0 Å². The number of Topliss-reactive ketones (excluding diaryl/α,β-unsaturated/α-hetero) is 2. The van der Waals surface area contributed by atoms with E-state index in [1.54, 1.807) is 0 Å². The van der Waals surface area contributed by atoms with Crippen molar-refractivity contribution in [2.45, 2.75) is 91.9 Å². The van der Waals surface area contributed by atoms with E-state index in [4.69, 9.17) is 4.99 Å². The zero-order chi connectivity index (χ0) is 24.8. The lowest BCUT2D eigenvalue weighted by atomic mass is 9.78. The average Bonchev–Trinajstić information content (AvgIpc) is 2.94. The van der Waals surface area contributed by atoms with Crippen LogP contribution in [-0.2, 0) is 16.1 Å². The molecule has 184 valence electrons. The molecule has 4 atom stereocenters. The number of aliphatic hydroxyl groups is 2. The molecular weight excluding hydrogens is 414 g/mol. The minimum atomic E-state index is -2.05. The molecule has 4 unspecified atom stereocenters. The van der Waals surface area contributed by atoms with Crippen molar-refractivity contribution in [3.63, 3.8) is 0 Å². The second kappa shape index (κ2) is 12.0. The fraction of sp³-hybridized carbons (Fsp3) is 0.679. The topological polar surface area (TPSA) is 87.0 Å². The minimum absolute atomic E-state index is 0.203. The molecule has 5 nitrogen and oxygen atoms in total. The maximum Gasteiger partial charge on any atom is 0.183 e. The van der Waals surface area contributed by atoms with Crippen molar-refractivity contribution in [1.82, 2.24) is 0 Å². The number of ketones is 2. The molecule has 1 aromatic carbocycles. The molecule has 2 N–H and O–H groups in total. The summed E-state index contributed by atoms with van der Waals surface area (Å²) in [6.45, 7) is 12.6. The van der Waals surface area contributed by atoms with Crippen molar-refractivity contribution >= 4 is 17.3 Å². The second-order valence-corrected chi connectivity index (χ2v) is 10.9. The smallest absolute Gasteiger partial charge is 0.183 e. The number of hydrogen-bond donors (Lipinski definition) is 2. The quantitative estimate of drug-likeness (QED) is 0.341. The summed E-state index contributed by atoms with van der Waals surface area (Å²) in [5.41, 5.74) is -0.513. The van der Waals surface area contributed by atoms with E-state index in [2.05, 4.69) is 13.8 Å². The Morgan fingerprint density at radius 2 is 1.55 bits per heavy atom. The van der Waals surface area contributed by atoms with Gasteiger partial charge in [-0.2, -0.15) is 0 Å². The fourth-order valence-corrected chi connectivity index (χ4v) is 4.70. The van der Waals surface area contributed by atoms with E-state index >= 15 is 0 Å². The largest absolute Gasteiger partial charge is 0.390 e. The van der Waals surface area contributed by atoms with Crippen LogP contribution in [0.25, 0.3) is 0 Å². The lowest BCUT2D eigenvalue weighted by molar-refractivity contribution is -0.156. The Labute approximate surface area is 199 Å². The number of aliphatic imine (C=N–C) groups is 1. The molecule has 1 aliphatic carbocycles. The molecule has 0 spiro atoms. The number of rotatable bonds is 12. The van der Waals surface area contributed by atoms with Crippen LogP contribution < -0.4 is 0 Å². The lowest BCUT2D eigenvalue weighted by Gasteiger charge is -2.33. The molecule has 0 heterocycles. The van der Waals surface area contributed by atoms with Gasteiger partial charge in [0.2, 0.25) is 0 Å². The van der Waals surface area contributed by atoms with E-state index in [0.29, 0.717) is 56.2 Å². The van der Waals surface area contributed by atoms with Gasteiger partial charge >= 0.3 is 0 Å². The van der Waals surface area contributed by atoms with Crippen LogP contribution >= 0.6 is 0 Å². The van der Waals surface area contributed by atoms with Crippen molar-refractivity contribution in [2.75, 3.05) is 0 Å². The zero-order valence-corrected chi connectivity index (χ0v) is 21.3. The highest BCUT2D eigenvalue weighted by Gasteiger charge is 2.63. The molecule has 1 aromatic rings. The van der Waals surface area contributed by atoms with Gasteiger partial charge in [-0.1, -0.05) is 78.3 Å². The zero-order valence-electron chi connectivity index (χ0n) is 21.3. The number of nitrogens with zero attached hydrogens (tertiary/aromatic N) is 1. The van der Waals surface area contributed by atoms with Gasteiger partial charge in [-0.25, -0.2) is 0 Å². The summed E-state index contributed by atoms with van der Waals surface area (Å²) < 4.78 is 0. The predicted molar refractivity (Wildman–Crippen MR) is 133 cm³/mol. The third-order valence-corrected chi connectivity index (χ3v) is 6.63. The maximum atomic E-state index is 13.7. The Kier molecular flexibility index (Phi) is 9.99. The van der Waals surface area contributed by atoms with Crippen molar-refractivity contribution in [2.24, 2.45) is 34.6 Å². The van der Waals surface area contributed by atoms with Crippen LogP contribution in [0.3, 0.4) is 0 Å². The van der Waals surface area contributed by atoms with Crippen molar-refractivity contribution < 1.29 is 19.8 Å². The van der Waals surface area contributed by atoms with Gasteiger partial charge in [0.1, 0.15) is 5.92 Å². The van der Waals surface area contributed by atoms with Gasteiger partial charge < -0.3 is 10.2 Å². The first-order chi connectivity index (χ1) is 15.5. The van der Waals surface area contributed by atoms with E-state index in [1.165, 1.54) is 0 Å². The molecule has 0 amide bonds. The van der Waals surface area contributed by atoms with E-state index < -0.39 is 29.3 Å². The summed E-state index contributed by atoms with van der Waals surface area (Å²) in [5, 5.41) is 22.7. The molecule has 0 aromatic heterocycles. The van der Waals surface area contributed by atoms with Crippen LogP contribution in [0.4, 0.5) is 0 Å². The van der Waals surface area contributed by atoms with E-state index in [0.717, 1.165) is 5.56 Å². The van der Waals surface area contributed by atoms with E-state index in [-0.39, 0.29) is 11.7 Å². The van der Waals surface area contributed by atoms with Crippen molar-refractivity contribution in [1.29, 1.82) is 0 Å². The van der Waals surface area contributed by atoms with Crippen LogP contribution in [0.1, 0.15) is 79.2 Å². The molecule has 5 heteroatoms. The van der Waals surface area contributed by atoms with Gasteiger partial charge in [0.05, 0.1) is 18.6 Å². The van der Waals surface area contributed by atoms with Gasteiger partial charge in [0.15, 0.2) is 17.2 Å². The Balaban J connectivity index is 2.43. The van der Waals surface area contributed by atoms with Gasteiger partial charge in [-0.15, -0.1) is 0 Å². The molecule has 1 aliphatic rings. The summed E-state index contributed by atoms with van der Waals surface area (Å²) in [7, 11) is 0. The number of aliphatic hydroxyl groups excluding tert-OH is 1. The minimum Gasteiger partial charge on any atom is -0.390 e. The van der Waals surface area contributed by atoms with E-state index in [9.17, 15) is 19.8 Å². The summed E-state index contributed by atoms with van der Waals surface area (Å²) in [6.07, 6.45) is 1.31. The third-order valence-electron chi connectivity index (χ3n) is 6.63. The molecule has 33 heavy (non-hydrogen) atoms. The average molecular weight is 458 g/mol. The molecular formula is C28H43NO4. The molecule has 0 saturated heterocycles. The number of hydrogen-bond acceptors (Lipinski definition) is 5. The van der Waals surface area contributed by atoms with Gasteiger partial charge in [-0.05, 0) is 49.0 Å². The molecule has 0 bridgehead atoms. The SMILES string of the molecule is CC(C)CCC(O)C1(O)C(=O)C(C(CC(C)C)=NCc2ccccc2)C(=O)C1CCC(C)C. The Morgan fingerprint density at radius 3 is 2.09 bits per heavy atom. The first-order valence-corrected chi connectivity index (χ1v) is 12.5. The highest BCUT2D eigenvalue weighted by atomic mass is 16.4. The molecule has 0 aliphatic heterocycles. The molecule has 0 radical (unpaired) electrons. The summed E-state index contributed by atoms with van der Waals surface area (Å²) in [4.78, 5) is 32.1. The Hall–Kier alpha value is -1.85. The van der Waals surface area contributed by atoms with Crippen LogP contribution in [0.2, 0.25) is 0 Å². The monoisotopic (exact) mass is 457 g/mol. The van der Waals surface area contributed by atoms with Gasteiger partial charge in [0, 0.05) is 5.71 Å². The summed E-state index contributed by atoms with van der Waals surface area (Å²) >= 11 is 0. The highest BCUT2D eigenvalue weighted by Crippen LogP contribution is 2.42. The van der Waals surface area contributed by atoms with Gasteiger partial charge in [-0.3, -0.25) is 14.6 Å². The summed E-state index contributed by atoms with van der Waals surface area (Å²) in [5.74, 6) is -1.96. The number of carbonyl (C=O) groups excluding carboxylic acids is 2.